The van der Waals surface area contributed by atoms with Gasteiger partial charge in [-0.05, 0) is 18.8 Å². The molecule has 4 atom stereocenters. The summed E-state index contributed by atoms with van der Waals surface area (Å²) in [6, 6.07) is -4.39. The summed E-state index contributed by atoms with van der Waals surface area (Å²) in [5, 5.41) is 22.3. The maximum Gasteiger partial charge on any atom is 0.326 e. The van der Waals surface area contributed by atoms with Crippen LogP contribution in [0.25, 0.3) is 0 Å². The minimum atomic E-state index is -1.65. The number of hydrogen-bond acceptors (Lipinski definition) is 7. The van der Waals surface area contributed by atoms with Crippen molar-refractivity contribution in [2.75, 3.05) is 12.3 Å². The molecule has 0 aromatic heterocycles. The molecule has 1 heterocycles. The molecule has 1 rings (SSSR count). The lowest BCUT2D eigenvalue weighted by Crippen LogP contribution is -2.57. The van der Waals surface area contributed by atoms with Crippen molar-refractivity contribution in [3.63, 3.8) is 0 Å². The lowest BCUT2D eigenvalue weighted by molar-refractivity contribution is -0.147. The van der Waals surface area contributed by atoms with Gasteiger partial charge in [-0.1, -0.05) is 13.8 Å². The molecule has 1 aliphatic heterocycles. The van der Waals surface area contributed by atoms with Gasteiger partial charge in [0.2, 0.25) is 17.7 Å². The highest BCUT2D eigenvalue weighted by atomic mass is 32.1. The van der Waals surface area contributed by atoms with E-state index in [4.69, 9.17) is 15.9 Å². The normalized spacial score (nSPS) is 19.3. The van der Waals surface area contributed by atoms with Gasteiger partial charge in [0, 0.05) is 12.3 Å². The Bertz CT molecular complexity index is 658. The fraction of sp³-hybridized carbons (Fsp3) is 0.706. The van der Waals surface area contributed by atoms with Gasteiger partial charge in [-0.3, -0.25) is 19.2 Å². The standard InChI is InChI=1S/C17H28N4O7S/c1-8(2)13(18)16(26)21-5-3-4-11(21)15(25)20-10(7-29)14(24)19-9(17(27)28)6-12(22)23/h8-11,13,29H,3-7,18H2,1-2H3,(H,19,24)(H,20,25)(H,22,23)(H,27,28). The van der Waals surface area contributed by atoms with Gasteiger partial charge in [-0.15, -0.1) is 0 Å². The summed E-state index contributed by atoms with van der Waals surface area (Å²) in [6.45, 7) is 3.96. The first-order chi connectivity index (χ1) is 13.5. The number of rotatable bonds is 10. The van der Waals surface area contributed by atoms with E-state index in [2.05, 4.69) is 23.3 Å². The van der Waals surface area contributed by atoms with Crippen LogP contribution in [0.2, 0.25) is 0 Å². The Kier molecular flexibility index (Phi) is 9.37. The molecule has 4 unspecified atom stereocenters. The summed E-state index contributed by atoms with van der Waals surface area (Å²) in [6.07, 6.45) is 0.193. The van der Waals surface area contributed by atoms with E-state index in [9.17, 15) is 24.0 Å². The molecule has 0 aromatic carbocycles. The van der Waals surface area contributed by atoms with Gasteiger partial charge < -0.3 is 31.5 Å². The van der Waals surface area contributed by atoms with Gasteiger partial charge in [-0.25, -0.2) is 4.79 Å². The quantitative estimate of drug-likeness (QED) is 0.224. The third-order valence-electron chi connectivity index (χ3n) is 4.65. The molecule has 164 valence electrons. The van der Waals surface area contributed by atoms with E-state index in [1.165, 1.54) is 4.90 Å². The fourth-order valence-corrected chi connectivity index (χ4v) is 3.15. The Balaban J connectivity index is 2.80. The minimum Gasteiger partial charge on any atom is -0.481 e. The zero-order chi connectivity index (χ0) is 22.3. The molecule has 29 heavy (non-hydrogen) atoms. The van der Waals surface area contributed by atoms with E-state index in [-0.39, 0.29) is 17.6 Å². The number of carbonyl (C=O) groups is 5. The maximum atomic E-state index is 12.7. The first kappa shape index (κ1) is 24.7. The Labute approximate surface area is 173 Å². The maximum absolute atomic E-state index is 12.7. The average Bonchev–Trinajstić information content (AvgIpc) is 3.13. The molecule has 0 saturated carbocycles. The topological polar surface area (TPSA) is 179 Å². The lowest BCUT2D eigenvalue weighted by atomic mass is 10.0. The van der Waals surface area contributed by atoms with Gasteiger partial charge in [0.1, 0.15) is 18.1 Å². The zero-order valence-corrected chi connectivity index (χ0v) is 17.2. The van der Waals surface area contributed by atoms with Crippen LogP contribution in [0.4, 0.5) is 0 Å². The van der Waals surface area contributed by atoms with Crippen molar-refractivity contribution in [1.29, 1.82) is 0 Å². The number of carboxylic acids is 2. The van der Waals surface area contributed by atoms with E-state index in [1.807, 2.05) is 0 Å². The van der Waals surface area contributed by atoms with Crippen LogP contribution in [0.15, 0.2) is 0 Å². The molecule has 6 N–H and O–H groups in total. The number of hydrogen-bond donors (Lipinski definition) is 6. The van der Waals surface area contributed by atoms with E-state index >= 15 is 0 Å². The minimum absolute atomic E-state index is 0.107. The number of nitrogens with two attached hydrogens (primary N) is 1. The van der Waals surface area contributed by atoms with E-state index in [0.717, 1.165) is 0 Å². The molecule has 1 fully saturated rings. The molecule has 0 aromatic rings. The predicted molar refractivity (Wildman–Crippen MR) is 105 cm³/mol. The van der Waals surface area contributed by atoms with Crippen LogP contribution in [0.3, 0.4) is 0 Å². The molecule has 0 radical (unpaired) electrons. The van der Waals surface area contributed by atoms with Crippen LogP contribution in [0.1, 0.15) is 33.1 Å². The summed E-state index contributed by atoms with van der Waals surface area (Å²) < 4.78 is 0. The summed E-state index contributed by atoms with van der Waals surface area (Å²) in [5.74, 6) is -4.97. The average molecular weight is 432 g/mol. The summed E-state index contributed by atoms with van der Waals surface area (Å²) in [4.78, 5) is 60.7. The first-order valence-corrected chi connectivity index (χ1v) is 9.85. The molecule has 0 bridgehead atoms. The van der Waals surface area contributed by atoms with E-state index in [0.29, 0.717) is 19.4 Å². The van der Waals surface area contributed by atoms with Crippen molar-refractivity contribution >= 4 is 42.3 Å². The van der Waals surface area contributed by atoms with Crippen molar-refractivity contribution in [2.24, 2.45) is 11.7 Å². The van der Waals surface area contributed by atoms with Crippen molar-refractivity contribution in [1.82, 2.24) is 15.5 Å². The molecular weight excluding hydrogens is 404 g/mol. The van der Waals surface area contributed by atoms with Gasteiger partial charge >= 0.3 is 11.9 Å². The molecule has 11 nitrogen and oxygen atoms in total. The van der Waals surface area contributed by atoms with Gasteiger partial charge in [-0.2, -0.15) is 12.6 Å². The fourth-order valence-electron chi connectivity index (χ4n) is 2.89. The molecule has 0 aliphatic carbocycles. The molecule has 12 heteroatoms. The zero-order valence-electron chi connectivity index (χ0n) is 16.3. The Hall–Kier alpha value is -2.34. The summed E-state index contributed by atoms with van der Waals surface area (Å²) in [7, 11) is 0. The third-order valence-corrected chi connectivity index (χ3v) is 5.02. The highest BCUT2D eigenvalue weighted by molar-refractivity contribution is 7.80. The third kappa shape index (κ3) is 6.89. The Morgan fingerprint density at radius 1 is 1.14 bits per heavy atom. The van der Waals surface area contributed by atoms with Crippen LogP contribution in [0, 0.1) is 5.92 Å². The second kappa shape index (κ2) is 11.0. The number of aliphatic carboxylic acids is 2. The summed E-state index contributed by atoms with van der Waals surface area (Å²) >= 11 is 4.00. The predicted octanol–water partition coefficient (Wildman–Crippen LogP) is -1.58. The van der Waals surface area contributed by atoms with Gasteiger partial charge in [0.25, 0.3) is 0 Å². The first-order valence-electron chi connectivity index (χ1n) is 9.21. The molecule has 1 aliphatic rings. The Morgan fingerprint density at radius 3 is 2.24 bits per heavy atom. The number of nitrogens with zero attached hydrogens (tertiary/aromatic N) is 1. The highest BCUT2D eigenvalue weighted by Crippen LogP contribution is 2.20. The molecule has 1 saturated heterocycles. The summed E-state index contributed by atoms with van der Waals surface area (Å²) in [5.41, 5.74) is 5.90. The van der Waals surface area contributed by atoms with Crippen LogP contribution in [-0.2, 0) is 24.0 Å². The molecular formula is C17H28N4O7S. The van der Waals surface area contributed by atoms with Crippen molar-refractivity contribution in [2.45, 2.75) is 57.3 Å². The Morgan fingerprint density at radius 2 is 1.76 bits per heavy atom. The van der Waals surface area contributed by atoms with Crippen molar-refractivity contribution < 1.29 is 34.2 Å². The SMILES string of the molecule is CC(C)C(N)C(=O)N1CCCC1C(=O)NC(CS)C(=O)NC(CC(=O)O)C(=O)O. The van der Waals surface area contributed by atoms with Crippen molar-refractivity contribution in [3.05, 3.63) is 0 Å². The number of carbonyl (C=O) groups excluding carboxylic acids is 3. The number of carboxylic acid groups (broad SMARTS) is 2. The van der Waals surface area contributed by atoms with Crippen LogP contribution < -0.4 is 16.4 Å². The number of likely N-dealkylation sites (tertiary alicyclic amines) is 1. The van der Waals surface area contributed by atoms with Crippen LogP contribution in [0.5, 0.6) is 0 Å². The molecule has 3 amide bonds. The molecule has 0 spiro atoms. The smallest absolute Gasteiger partial charge is 0.326 e. The van der Waals surface area contributed by atoms with Crippen LogP contribution in [-0.4, -0.2) is 81.2 Å². The number of amides is 3. The monoisotopic (exact) mass is 432 g/mol. The van der Waals surface area contributed by atoms with Gasteiger partial charge in [0.15, 0.2) is 0 Å². The largest absolute Gasteiger partial charge is 0.481 e. The van der Waals surface area contributed by atoms with E-state index < -0.39 is 54.3 Å². The van der Waals surface area contributed by atoms with Crippen LogP contribution >= 0.6 is 12.6 Å². The second-order valence-corrected chi connectivity index (χ2v) is 7.57. The van der Waals surface area contributed by atoms with Gasteiger partial charge in [0.05, 0.1) is 12.5 Å². The number of thiol groups is 1. The number of nitrogens with one attached hydrogen (secondary N) is 2. The second-order valence-electron chi connectivity index (χ2n) is 7.20. The lowest BCUT2D eigenvalue weighted by Gasteiger charge is -2.29. The van der Waals surface area contributed by atoms with Crippen molar-refractivity contribution in [3.8, 4) is 0 Å². The van der Waals surface area contributed by atoms with E-state index in [1.54, 1.807) is 13.8 Å². The highest BCUT2D eigenvalue weighted by Gasteiger charge is 2.38.